The van der Waals surface area contributed by atoms with Gasteiger partial charge in [0.05, 0.1) is 36.9 Å². The monoisotopic (exact) mass is 500 g/mol. The summed E-state index contributed by atoms with van der Waals surface area (Å²) in [7, 11) is 1.57. The number of aliphatic hydroxyl groups excluding tert-OH is 1. The number of carbonyl (C=O) groups excluding carboxylic acids is 3. The van der Waals surface area contributed by atoms with E-state index in [0.29, 0.717) is 24.3 Å². The highest BCUT2D eigenvalue weighted by Gasteiger charge is 2.74. The molecule has 188 valence electrons. The van der Waals surface area contributed by atoms with Gasteiger partial charge in [-0.05, 0) is 43.5 Å². The van der Waals surface area contributed by atoms with E-state index in [2.05, 4.69) is 13.2 Å². The minimum atomic E-state index is -0.796. The zero-order valence-electron chi connectivity index (χ0n) is 19.9. The first-order valence-corrected chi connectivity index (χ1v) is 12.7. The van der Waals surface area contributed by atoms with Gasteiger partial charge >= 0.3 is 5.97 Å². The van der Waals surface area contributed by atoms with E-state index in [1.807, 2.05) is 0 Å². The maximum atomic E-state index is 14.2. The van der Waals surface area contributed by atoms with E-state index in [4.69, 9.17) is 9.47 Å². The third-order valence-electron chi connectivity index (χ3n) is 7.18. The van der Waals surface area contributed by atoms with Gasteiger partial charge in [-0.2, -0.15) is 0 Å². The summed E-state index contributed by atoms with van der Waals surface area (Å²) in [5.41, 5.74) is 0.657. The number of ether oxygens (including phenoxy) is 2. The maximum Gasteiger partial charge on any atom is 0.310 e. The van der Waals surface area contributed by atoms with Gasteiger partial charge in [0.25, 0.3) is 5.91 Å². The van der Waals surface area contributed by atoms with E-state index in [-0.39, 0.29) is 49.3 Å². The Hall–Kier alpha value is -2.78. The van der Waals surface area contributed by atoms with Gasteiger partial charge in [0.15, 0.2) is 0 Å². The van der Waals surface area contributed by atoms with Crippen molar-refractivity contribution in [3.63, 3.8) is 0 Å². The van der Waals surface area contributed by atoms with Crippen molar-refractivity contribution in [2.75, 3.05) is 38.3 Å². The Morgan fingerprint density at radius 3 is 2.66 bits per heavy atom. The predicted molar refractivity (Wildman–Crippen MR) is 134 cm³/mol. The van der Waals surface area contributed by atoms with Crippen LogP contribution in [-0.4, -0.2) is 77.2 Å². The van der Waals surface area contributed by atoms with Crippen LogP contribution in [0, 0.1) is 11.8 Å². The number of esters is 1. The predicted octanol–water partition coefficient (Wildman–Crippen LogP) is 2.42. The molecule has 0 radical (unpaired) electrons. The van der Waals surface area contributed by atoms with Crippen molar-refractivity contribution in [3.05, 3.63) is 49.6 Å². The average Bonchev–Trinajstić information content (AvgIpc) is 3.50. The van der Waals surface area contributed by atoms with E-state index in [1.54, 1.807) is 60.2 Å². The fraction of sp³-hybridized carbons (Fsp3) is 0.500. The molecule has 0 aromatic heterocycles. The minimum Gasteiger partial charge on any atom is -0.497 e. The molecular formula is C26H32N2O6S. The first kappa shape index (κ1) is 25.3. The van der Waals surface area contributed by atoms with Gasteiger partial charge in [-0.1, -0.05) is 12.2 Å². The summed E-state index contributed by atoms with van der Waals surface area (Å²) in [5, 5.41) is 9.68. The number of nitrogens with zero attached hydrogens (tertiary/aromatic N) is 2. The lowest BCUT2D eigenvalue weighted by atomic mass is 9.71. The molecule has 3 fully saturated rings. The van der Waals surface area contributed by atoms with E-state index in [9.17, 15) is 19.5 Å². The summed E-state index contributed by atoms with van der Waals surface area (Å²) in [6.45, 7) is 7.69. The molecule has 0 aliphatic carbocycles. The molecule has 8 nitrogen and oxygen atoms in total. The molecule has 2 bridgehead atoms. The molecule has 1 spiro atoms. The molecule has 9 heteroatoms. The smallest absolute Gasteiger partial charge is 0.310 e. The summed E-state index contributed by atoms with van der Waals surface area (Å²) < 4.78 is 9.98. The summed E-state index contributed by atoms with van der Waals surface area (Å²) in [6.07, 6.45) is 5.24. The van der Waals surface area contributed by atoms with Crippen LogP contribution < -0.4 is 9.64 Å². The largest absolute Gasteiger partial charge is 0.497 e. The molecule has 1 aromatic rings. The number of anilines is 1. The summed E-state index contributed by atoms with van der Waals surface area (Å²) in [5.74, 6) is -1.47. The molecule has 1 aromatic carbocycles. The summed E-state index contributed by atoms with van der Waals surface area (Å²) >= 11 is 1.57. The summed E-state index contributed by atoms with van der Waals surface area (Å²) in [4.78, 5) is 44.0. The maximum absolute atomic E-state index is 14.2. The fourth-order valence-electron chi connectivity index (χ4n) is 5.75. The Bertz CT molecular complexity index is 998. The van der Waals surface area contributed by atoms with Gasteiger partial charge in [-0.15, -0.1) is 24.9 Å². The van der Waals surface area contributed by atoms with Crippen LogP contribution in [0.25, 0.3) is 0 Å². The third-order valence-corrected chi connectivity index (χ3v) is 9.13. The number of β-amino-alcohol motifs (C(OH)–C–C–N with tert-alkyl or cyclic N) is 1. The lowest BCUT2D eigenvalue weighted by Crippen LogP contribution is -2.55. The fourth-order valence-corrected chi connectivity index (χ4v) is 7.95. The molecule has 3 heterocycles. The van der Waals surface area contributed by atoms with Crippen molar-refractivity contribution in [1.82, 2.24) is 4.90 Å². The molecule has 3 aliphatic rings. The Morgan fingerprint density at radius 1 is 1.29 bits per heavy atom. The number of methoxy groups -OCH3 is 1. The lowest BCUT2D eigenvalue weighted by molar-refractivity contribution is -0.154. The van der Waals surface area contributed by atoms with Crippen LogP contribution in [0.3, 0.4) is 0 Å². The molecule has 3 saturated heterocycles. The van der Waals surface area contributed by atoms with Gasteiger partial charge in [0.2, 0.25) is 5.91 Å². The standard InChI is InChI=1S/C26H32N2O6S/c1-4-6-16-34-25(32)20-19-11-12-26(35-19)21(20)23(30)28(14-15-29)22(26)24(31)27(13-5-2)17-7-9-18(33-3)10-8-17/h4-5,7-10,19-22,29H,1-2,6,11-16H2,3H3/t19-,20+,21-,22?,26?/m0/s1. The highest BCUT2D eigenvalue weighted by Crippen LogP contribution is 2.66. The molecule has 2 unspecified atom stereocenters. The molecule has 35 heavy (non-hydrogen) atoms. The zero-order valence-corrected chi connectivity index (χ0v) is 20.7. The SMILES string of the molecule is C=CCCOC(=O)[C@@H]1[C@@H]2CCC3(S2)C(C(=O)N(CC=C)c2ccc(OC)cc2)N(CCO)C(=O)[C@H]13. The first-order chi connectivity index (χ1) is 16.9. The Morgan fingerprint density at radius 2 is 2.03 bits per heavy atom. The second-order valence-electron chi connectivity index (χ2n) is 8.99. The molecule has 4 rings (SSSR count). The van der Waals surface area contributed by atoms with Crippen molar-refractivity contribution >= 4 is 35.2 Å². The van der Waals surface area contributed by atoms with Gasteiger partial charge in [-0.3, -0.25) is 14.4 Å². The highest BCUT2D eigenvalue weighted by atomic mass is 32.2. The van der Waals surface area contributed by atoms with Gasteiger partial charge < -0.3 is 24.4 Å². The van der Waals surface area contributed by atoms with Gasteiger partial charge in [0.1, 0.15) is 11.8 Å². The van der Waals surface area contributed by atoms with E-state index in [0.717, 1.165) is 6.42 Å². The number of thioether (sulfide) groups is 1. The van der Waals surface area contributed by atoms with E-state index < -0.39 is 22.6 Å². The number of aliphatic hydroxyl groups is 1. The number of likely N-dealkylation sites (tertiary alicyclic amines) is 1. The Labute approximate surface area is 209 Å². The number of amides is 2. The Balaban J connectivity index is 1.69. The zero-order chi connectivity index (χ0) is 25.2. The number of hydrogen-bond donors (Lipinski definition) is 1. The number of fused-ring (bicyclic) bond motifs is 1. The molecular weight excluding hydrogens is 468 g/mol. The normalized spacial score (nSPS) is 28.5. The summed E-state index contributed by atoms with van der Waals surface area (Å²) in [6, 6.07) is 6.34. The number of hydrogen-bond acceptors (Lipinski definition) is 7. The average molecular weight is 501 g/mol. The van der Waals surface area contributed by atoms with Crippen molar-refractivity contribution in [1.29, 1.82) is 0 Å². The van der Waals surface area contributed by atoms with E-state index >= 15 is 0 Å². The second kappa shape index (κ2) is 10.5. The van der Waals surface area contributed by atoms with Crippen molar-refractivity contribution < 1.29 is 29.0 Å². The van der Waals surface area contributed by atoms with Crippen molar-refractivity contribution in [3.8, 4) is 5.75 Å². The van der Waals surface area contributed by atoms with Crippen LogP contribution in [0.15, 0.2) is 49.6 Å². The molecule has 0 saturated carbocycles. The number of benzene rings is 1. The minimum absolute atomic E-state index is 0.0293. The lowest BCUT2D eigenvalue weighted by Gasteiger charge is -2.37. The molecule has 2 amide bonds. The first-order valence-electron chi connectivity index (χ1n) is 11.9. The van der Waals surface area contributed by atoms with Crippen molar-refractivity contribution in [2.45, 2.75) is 35.3 Å². The van der Waals surface area contributed by atoms with Crippen LogP contribution >= 0.6 is 11.8 Å². The van der Waals surface area contributed by atoms with Crippen LogP contribution in [-0.2, 0) is 19.1 Å². The van der Waals surface area contributed by atoms with Crippen LogP contribution in [0.5, 0.6) is 5.75 Å². The quantitative estimate of drug-likeness (QED) is 0.283. The van der Waals surface area contributed by atoms with Crippen LogP contribution in [0.1, 0.15) is 19.3 Å². The van der Waals surface area contributed by atoms with Crippen LogP contribution in [0.2, 0.25) is 0 Å². The topological polar surface area (TPSA) is 96.4 Å². The van der Waals surface area contributed by atoms with Crippen molar-refractivity contribution in [2.24, 2.45) is 11.8 Å². The van der Waals surface area contributed by atoms with Gasteiger partial charge in [0, 0.05) is 24.0 Å². The van der Waals surface area contributed by atoms with Gasteiger partial charge in [-0.25, -0.2) is 0 Å². The van der Waals surface area contributed by atoms with Crippen LogP contribution in [0.4, 0.5) is 5.69 Å². The molecule has 5 atom stereocenters. The molecule has 3 aliphatic heterocycles. The second-order valence-corrected chi connectivity index (χ2v) is 10.6. The highest BCUT2D eigenvalue weighted by molar-refractivity contribution is 8.02. The van der Waals surface area contributed by atoms with E-state index in [1.165, 1.54) is 4.90 Å². The number of rotatable bonds is 11. The third kappa shape index (κ3) is 4.25. The number of carbonyl (C=O) groups is 3. The Kier molecular flexibility index (Phi) is 7.56. The molecule has 1 N–H and O–H groups in total.